The van der Waals surface area contributed by atoms with E-state index in [1.54, 1.807) is 11.8 Å². The van der Waals surface area contributed by atoms with Crippen LogP contribution in [0.4, 0.5) is 5.95 Å². The van der Waals surface area contributed by atoms with E-state index in [1.807, 2.05) is 12.3 Å². The van der Waals surface area contributed by atoms with E-state index in [2.05, 4.69) is 43.9 Å². The van der Waals surface area contributed by atoms with Crippen molar-refractivity contribution in [3.05, 3.63) is 30.3 Å². The van der Waals surface area contributed by atoms with E-state index in [-0.39, 0.29) is 0 Å². The van der Waals surface area contributed by atoms with E-state index in [9.17, 15) is 0 Å². The van der Waals surface area contributed by atoms with Gasteiger partial charge >= 0.3 is 0 Å². The molecule has 1 aliphatic heterocycles. The Kier molecular flexibility index (Phi) is 3.73. The Morgan fingerprint density at radius 3 is 2.42 bits per heavy atom. The molecule has 1 aromatic heterocycles. The van der Waals surface area contributed by atoms with Crippen LogP contribution in [0.3, 0.4) is 0 Å². The van der Waals surface area contributed by atoms with Crippen LogP contribution in [0.15, 0.2) is 35.5 Å². The van der Waals surface area contributed by atoms with Crippen LogP contribution in [0, 0.1) is 0 Å². The number of anilines is 1. The first-order chi connectivity index (χ1) is 9.40. The van der Waals surface area contributed by atoms with Crippen molar-refractivity contribution in [1.29, 1.82) is 0 Å². The van der Waals surface area contributed by atoms with Gasteiger partial charge in [-0.05, 0) is 37.7 Å². The van der Waals surface area contributed by atoms with Crippen LogP contribution in [-0.2, 0) is 0 Å². The number of para-hydroxylation sites is 1. The fourth-order valence-electron chi connectivity index (χ4n) is 2.50. The Hall–Kier alpha value is -1.49. The topological polar surface area (TPSA) is 34.0 Å². The van der Waals surface area contributed by atoms with Crippen LogP contribution in [0.25, 0.3) is 5.69 Å². The van der Waals surface area contributed by atoms with Gasteiger partial charge in [-0.25, -0.2) is 0 Å². The lowest BCUT2D eigenvalue weighted by atomic mass is 10.1. The molecule has 2 heterocycles. The van der Waals surface area contributed by atoms with Crippen LogP contribution in [0.5, 0.6) is 0 Å². The number of benzene rings is 1. The number of rotatable bonds is 3. The number of aromatic nitrogens is 3. The predicted octanol–water partition coefficient (Wildman–Crippen LogP) is 2.98. The standard InChI is InChI=1S/C14H18N4S/c1-19-14-16-15-13(17-10-6-3-7-11-17)18(14)12-8-4-2-5-9-12/h2,4-5,8-9H,3,6-7,10-11H2,1H3. The monoisotopic (exact) mass is 274 g/mol. The number of hydrogen-bond acceptors (Lipinski definition) is 4. The largest absolute Gasteiger partial charge is 0.341 e. The minimum Gasteiger partial charge on any atom is -0.341 e. The first-order valence-corrected chi connectivity index (χ1v) is 7.92. The zero-order valence-electron chi connectivity index (χ0n) is 11.1. The summed E-state index contributed by atoms with van der Waals surface area (Å²) in [5, 5.41) is 9.68. The predicted molar refractivity (Wildman–Crippen MR) is 79.2 cm³/mol. The Balaban J connectivity index is 2.03. The minimum absolute atomic E-state index is 0.951. The number of nitrogens with zero attached hydrogens (tertiary/aromatic N) is 4. The lowest BCUT2D eigenvalue weighted by Crippen LogP contribution is -2.31. The zero-order valence-corrected chi connectivity index (χ0v) is 11.9. The van der Waals surface area contributed by atoms with Crippen molar-refractivity contribution < 1.29 is 0 Å². The van der Waals surface area contributed by atoms with Gasteiger partial charge in [0, 0.05) is 13.1 Å². The van der Waals surface area contributed by atoms with Gasteiger partial charge in [0.15, 0.2) is 5.16 Å². The molecule has 1 saturated heterocycles. The van der Waals surface area contributed by atoms with Gasteiger partial charge in [0.25, 0.3) is 0 Å². The molecule has 100 valence electrons. The fraction of sp³-hybridized carbons (Fsp3) is 0.429. The van der Waals surface area contributed by atoms with E-state index in [1.165, 1.54) is 19.3 Å². The highest BCUT2D eigenvalue weighted by Gasteiger charge is 2.20. The highest BCUT2D eigenvalue weighted by Crippen LogP contribution is 2.26. The molecule has 1 aromatic carbocycles. The number of thioether (sulfide) groups is 1. The van der Waals surface area contributed by atoms with E-state index in [4.69, 9.17) is 0 Å². The molecule has 4 nitrogen and oxygen atoms in total. The molecule has 3 rings (SSSR count). The number of piperidine rings is 1. The maximum Gasteiger partial charge on any atom is 0.232 e. The Labute approximate surface area is 117 Å². The SMILES string of the molecule is CSc1nnc(N2CCCCC2)n1-c1ccccc1. The summed E-state index contributed by atoms with van der Waals surface area (Å²) < 4.78 is 2.16. The molecule has 0 bridgehead atoms. The number of hydrogen-bond donors (Lipinski definition) is 0. The summed E-state index contributed by atoms with van der Waals surface area (Å²) in [5.74, 6) is 0.982. The maximum atomic E-state index is 4.41. The second kappa shape index (κ2) is 5.65. The van der Waals surface area contributed by atoms with Gasteiger partial charge in [0.2, 0.25) is 5.95 Å². The van der Waals surface area contributed by atoms with Gasteiger partial charge in [-0.1, -0.05) is 30.0 Å². The fourth-order valence-corrected chi connectivity index (χ4v) is 2.99. The molecule has 0 spiro atoms. The molecule has 0 aliphatic carbocycles. The van der Waals surface area contributed by atoms with Gasteiger partial charge in [-0.3, -0.25) is 4.57 Å². The van der Waals surface area contributed by atoms with Crippen LogP contribution in [0.1, 0.15) is 19.3 Å². The molecule has 19 heavy (non-hydrogen) atoms. The summed E-state index contributed by atoms with van der Waals surface area (Å²) in [5.41, 5.74) is 1.14. The van der Waals surface area contributed by atoms with Crippen molar-refractivity contribution in [3.8, 4) is 5.69 Å². The van der Waals surface area contributed by atoms with Crippen LogP contribution in [0.2, 0.25) is 0 Å². The Morgan fingerprint density at radius 2 is 1.74 bits per heavy atom. The molecular weight excluding hydrogens is 256 g/mol. The second-order valence-electron chi connectivity index (χ2n) is 4.71. The molecule has 2 aromatic rings. The summed E-state index contributed by atoms with van der Waals surface area (Å²) in [4.78, 5) is 2.35. The summed E-state index contributed by atoms with van der Waals surface area (Å²) in [6, 6.07) is 10.4. The van der Waals surface area contributed by atoms with Crippen molar-refractivity contribution in [3.63, 3.8) is 0 Å². The Morgan fingerprint density at radius 1 is 1.00 bits per heavy atom. The van der Waals surface area contributed by atoms with Crippen molar-refractivity contribution in [2.75, 3.05) is 24.2 Å². The second-order valence-corrected chi connectivity index (χ2v) is 5.48. The van der Waals surface area contributed by atoms with Gasteiger partial charge < -0.3 is 4.90 Å². The third-order valence-corrected chi connectivity index (χ3v) is 4.08. The molecule has 0 amide bonds. The van der Waals surface area contributed by atoms with Gasteiger partial charge in [0.1, 0.15) is 0 Å². The normalized spacial score (nSPS) is 15.7. The van der Waals surface area contributed by atoms with Crippen molar-refractivity contribution in [2.45, 2.75) is 24.4 Å². The van der Waals surface area contributed by atoms with Crippen LogP contribution in [-0.4, -0.2) is 34.1 Å². The highest BCUT2D eigenvalue weighted by atomic mass is 32.2. The molecular formula is C14H18N4S. The molecule has 5 heteroatoms. The van der Waals surface area contributed by atoms with Crippen LogP contribution < -0.4 is 4.90 Å². The summed E-state index contributed by atoms with van der Waals surface area (Å²) in [6.45, 7) is 2.17. The Bertz CT molecular complexity index is 532. The molecule has 1 fully saturated rings. The molecule has 0 N–H and O–H groups in total. The summed E-state index contributed by atoms with van der Waals surface area (Å²) in [7, 11) is 0. The van der Waals surface area contributed by atoms with Crippen molar-refractivity contribution >= 4 is 17.7 Å². The third-order valence-electron chi connectivity index (χ3n) is 3.45. The summed E-state index contributed by atoms with van der Waals surface area (Å²) in [6.07, 6.45) is 5.86. The van der Waals surface area contributed by atoms with Crippen LogP contribution >= 0.6 is 11.8 Å². The van der Waals surface area contributed by atoms with E-state index < -0.39 is 0 Å². The molecule has 0 atom stereocenters. The average Bonchev–Trinajstić information content (AvgIpc) is 2.93. The lowest BCUT2D eigenvalue weighted by Gasteiger charge is -2.27. The quantitative estimate of drug-likeness (QED) is 0.806. The van der Waals surface area contributed by atoms with E-state index in [0.717, 1.165) is 29.9 Å². The molecule has 0 saturated carbocycles. The summed E-state index contributed by atoms with van der Waals surface area (Å²) >= 11 is 1.64. The van der Waals surface area contributed by atoms with E-state index in [0.29, 0.717) is 0 Å². The lowest BCUT2D eigenvalue weighted by molar-refractivity contribution is 0.564. The zero-order chi connectivity index (χ0) is 13.1. The molecule has 0 radical (unpaired) electrons. The van der Waals surface area contributed by atoms with Gasteiger partial charge in [-0.2, -0.15) is 0 Å². The first kappa shape index (κ1) is 12.5. The first-order valence-electron chi connectivity index (χ1n) is 6.70. The van der Waals surface area contributed by atoms with Crippen molar-refractivity contribution in [2.24, 2.45) is 0 Å². The molecule has 1 aliphatic rings. The third kappa shape index (κ3) is 2.47. The highest BCUT2D eigenvalue weighted by molar-refractivity contribution is 7.98. The maximum absolute atomic E-state index is 4.41. The average molecular weight is 274 g/mol. The minimum atomic E-state index is 0.951. The van der Waals surface area contributed by atoms with Crippen molar-refractivity contribution in [1.82, 2.24) is 14.8 Å². The molecule has 0 unspecified atom stereocenters. The smallest absolute Gasteiger partial charge is 0.232 e. The van der Waals surface area contributed by atoms with E-state index >= 15 is 0 Å². The van der Waals surface area contributed by atoms with Gasteiger partial charge in [0.05, 0.1) is 5.69 Å². The van der Waals surface area contributed by atoms with Gasteiger partial charge in [-0.15, -0.1) is 10.2 Å².